The molecule has 3 aromatic carbocycles. The molecular weight excluding hydrogens is 460 g/mol. The average Bonchev–Trinajstić information content (AvgIpc) is 2.83. The van der Waals surface area contributed by atoms with E-state index in [0.717, 1.165) is 0 Å². The molecule has 0 radical (unpaired) electrons. The largest absolute Gasteiger partial charge is 0.497 e. The standard InChI is InChI=1S/C24H18N2O7S/c1-32-20-10-12-22(13-11-20)34(30,31)33-21-8-2-16(3-9-21)14-18(15-25)23(27)26-19-6-4-17(5-7-19)24(28)29/h2-14H,1H3,(H,26,27)(H,28,29)/b18-14+. The lowest BCUT2D eigenvalue weighted by molar-refractivity contribution is -0.112. The van der Waals surface area contributed by atoms with Crippen LogP contribution in [0.25, 0.3) is 6.08 Å². The SMILES string of the molecule is COc1ccc(S(=O)(=O)Oc2ccc(/C=C(\C#N)C(=O)Nc3ccc(C(=O)O)cc3)cc2)cc1. The molecule has 0 aromatic heterocycles. The van der Waals surface area contributed by atoms with Gasteiger partial charge in [0.1, 0.15) is 28.0 Å². The van der Waals surface area contributed by atoms with Gasteiger partial charge in [-0.1, -0.05) is 12.1 Å². The Labute approximate surface area is 195 Å². The van der Waals surface area contributed by atoms with Gasteiger partial charge >= 0.3 is 16.1 Å². The Balaban J connectivity index is 1.70. The number of hydrogen-bond donors (Lipinski definition) is 2. The van der Waals surface area contributed by atoms with E-state index in [1.54, 1.807) is 6.07 Å². The lowest BCUT2D eigenvalue weighted by Gasteiger charge is -2.08. The van der Waals surface area contributed by atoms with Gasteiger partial charge in [0.2, 0.25) is 0 Å². The van der Waals surface area contributed by atoms with E-state index in [4.69, 9.17) is 14.0 Å². The number of anilines is 1. The van der Waals surface area contributed by atoms with Crippen LogP contribution in [0.3, 0.4) is 0 Å². The minimum atomic E-state index is -4.06. The number of aromatic carboxylic acids is 1. The van der Waals surface area contributed by atoms with Crippen molar-refractivity contribution in [2.45, 2.75) is 4.90 Å². The summed E-state index contributed by atoms with van der Waals surface area (Å²) >= 11 is 0. The van der Waals surface area contributed by atoms with E-state index >= 15 is 0 Å². The number of ether oxygens (including phenoxy) is 1. The molecule has 0 saturated carbocycles. The van der Waals surface area contributed by atoms with Crippen molar-refractivity contribution in [3.05, 3.63) is 89.5 Å². The highest BCUT2D eigenvalue weighted by molar-refractivity contribution is 7.87. The molecule has 0 atom stereocenters. The van der Waals surface area contributed by atoms with Crippen LogP contribution in [-0.2, 0) is 14.9 Å². The molecular formula is C24H18N2O7S. The van der Waals surface area contributed by atoms with Crippen LogP contribution >= 0.6 is 0 Å². The van der Waals surface area contributed by atoms with Gasteiger partial charge in [-0.25, -0.2) is 4.79 Å². The summed E-state index contributed by atoms with van der Waals surface area (Å²) in [5, 5.41) is 20.8. The fourth-order valence-electron chi connectivity index (χ4n) is 2.75. The van der Waals surface area contributed by atoms with Gasteiger partial charge in [-0.15, -0.1) is 0 Å². The number of carbonyl (C=O) groups is 2. The molecule has 0 aliphatic carbocycles. The van der Waals surface area contributed by atoms with Crippen LogP contribution in [0, 0.1) is 11.3 Å². The quantitative estimate of drug-likeness (QED) is 0.283. The Morgan fingerprint density at radius 3 is 2.06 bits per heavy atom. The van der Waals surface area contributed by atoms with Crippen LogP contribution < -0.4 is 14.2 Å². The molecule has 172 valence electrons. The highest BCUT2D eigenvalue weighted by Crippen LogP contribution is 2.22. The van der Waals surface area contributed by atoms with Gasteiger partial charge in [-0.3, -0.25) is 4.79 Å². The summed E-state index contributed by atoms with van der Waals surface area (Å²) in [5.74, 6) is -1.23. The summed E-state index contributed by atoms with van der Waals surface area (Å²) in [5.41, 5.74) is 0.637. The molecule has 0 aliphatic heterocycles. The van der Waals surface area contributed by atoms with Crippen molar-refractivity contribution in [1.29, 1.82) is 5.26 Å². The lowest BCUT2D eigenvalue weighted by atomic mass is 10.1. The summed E-state index contributed by atoms with van der Waals surface area (Å²) in [6.45, 7) is 0. The number of amides is 1. The van der Waals surface area contributed by atoms with Gasteiger partial charge in [0.05, 0.1) is 12.7 Å². The number of hydrogen-bond acceptors (Lipinski definition) is 7. The van der Waals surface area contributed by atoms with Gasteiger partial charge in [-0.2, -0.15) is 13.7 Å². The first-order valence-electron chi connectivity index (χ1n) is 9.67. The molecule has 0 bridgehead atoms. The molecule has 0 spiro atoms. The summed E-state index contributed by atoms with van der Waals surface area (Å²) in [6.07, 6.45) is 1.32. The van der Waals surface area contributed by atoms with Gasteiger partial charge in [0.15, 0.2) is 0 Å². The molecule has 10 heteroatoms. The Bertz CT molecular complexity index is 1370. The predicted octanol–water partition coefficient (Wildman–Crippen LogP) is 3.71. The number of carboxylic acids is 1. The van der Waals surface area contributed by atoms with Gasteiger partial charge in [0.25, 0.3) is 5.91 Å². The molecule has 3 aromatic rings. The Kier molecular flexibility index (Phi) is 7.30. The van der Waals surface area contributed by atoms with Crippen molar-refractivity contribution in [2.75, 3.05) is 12.4 Å². The molecule has 34 heavy (non-hydrogen) atoms. The minimum absolute atomic E-state index is 0.0444. The predicted molar refractivity (Wildman–Crippen MR) is 123 cm³/mol. The van der Waals surface area contributed by atoms with Crippen molar-refractivity contribution < 1.29 is 32.0 Å². The molecule has 1 amide bonds. The number of benzene rings is 3. The molecule has 0 saturated heterocycles. The highest BCUT2D eigenvalue weighted by atomic mass is 32.2. The van der Waals surface area contributed by atoms with Crippen molar-refractivity contribution in [2.24, 2.45) is 0 Å². The maximum Gasteiger partial charge on any atom is 0.339 e. The normalized spacial score (nSPS) is 11.2. The summed E-state index contributed by atoms with van der Waals surface area (Å²) in [6, 6.07) is 18.8. The third-order valence-electron chi connectivity index (χ3n) is 4.50. The fraction of sp³-hybridized carbons (Fsp3) is 0.0417. The zero-order chi connectivity index (χ0) is 24.7. The Hall–Kier alpha value is -4.62. The Morgan fingerprint density at radius 2 is 1.53 bits per heavy atom. The molecule has 9 nitrogen and oxygen atoms in total. The highest BCUT2D eigenvalue weighted by Gasteiger charge is 2.17. The zero-order valence-electron chi connectivity index (χ0n) is 17.8. The zero-order valence-corrected chi connectivity index (χ0v) is 18.6. The Morgan fingerprint density at radius 1 is 0.941 bits per heavy atom. The number of carbonyl (C=O) groups excluding carboxylic acids is 1. The summed E-state index contributed by atoms with van der Waals surface area (Å²) in [4.78, 5) is 23.3. The first-order chi connectivity index (χ1) is 16.2. The van der Waals surface area contributed by atoms with Gasteiger partial charge < -0.3 is 19.3 Å². The second-order valence-electron chi connectivity index (χ2n) is 6.79. The van der Waals surface area contributed by atoms with E-state index in [9.17, 15) is 23.3 Å². The van der Waals surface area contributed by atoms with E-state index in [1.165, 1.54) is 86.0 Å². The molecule has 3 rings (SSSR count). The second-order valence-corrected chi connectivity index (χ2v) is 8.33. The number of nitriles is 1. The summed E-state index contributed by atoms with van der Waals surface area (Å²) < 4.78 is 35.0. The van der Waals surface area contributed by atoms with E-state index in [0.29, 0.717) is 17.0 Å². The average molecular weight is 478 g/mol. The smallest absolute Gasteiger partial charge is 0.339 e. The molecule has 0 unspecified atom stereocenters. The molecule has 0 aliphatic rings. The number of carboxylic acid groups (broad SMARTS) is 1. The fourth-order valence-corrected chi connectivity index (χ4v) is 3.68. The van der Waals surface area contributed by atoms with Crippen LogP contribution in [0.15, 0.2) is 83.3 Å². The van der Waals surface area contributed by atoms with Crippen LogP contribution in [0.4, 0.5) is 5.69 Å². The molecule has 2 N–H and O–H groups in total. The number of nitrogens with one attached hydrogen (secondary N) is 1. The molecule has 0 heterocycles. The van der Waals surface area contributed by atoms with E-state index in [1.807, 2.05) is 0 Å². The van der Waals surface area contributed by atoms with Gasteiger partial charge in [-0.05, 0) is 72.3 Å². The van der Waals surface area contributed by atoms with Gasteiger partial charge in [0, 0.05) is 5.69 Å². The summed E-state index contributed by atoms with van der Waals surface area (Å²) in [7, 11) is -2.59. The number of nitrogens with zero attached hydrogens (tertiary/aromatic N) is 1. The van der Waals surface area contributed by atoms with Crippen LogP contribution in [0.1, 0.15) is 15.9 Å². The molecule has 0 fully saturated rings. The minimum Gasteiger partial charge on any atom is -0.497 e. The maximum absolute atomic E-state index is 12.4. The monoisotopic (exact) mass is 478 g/mol. The third-order valence-corrected chi connectivity index (χ3v) is 5.76. The van der Waals surface area contributed by atoms with Crippen molar-refractivity contribution in [3.8, 4) is 17.6 Å². The first-order valence-corrected chi connectivity index (χ1v) is 11.1. The van der Waals surface area contributed by atoms with Crippen LogP contribution in [0.2, 0.25) is 0 Å². The lowest BCUT2D eigenvalue weighted by Crippen LogP contribution is -2.13. The third kappa shape index (κ3) is 5.99. The topological polar surface area (TPSA) is 143 Å². The van der Waals surface area contributed by atoms with Crippen molar-refractivity contribution >= 4 is 33.8 Å². The maximum atomic E-state index is 12.4. The second kappa shape index (κ2) is 10.3. The van der Waals surface area contributed by atoms with E-state index in [2.05, 4.69) is 5.32 Å². The van der Waals surface area contributed by atoms with Crippen LogP contribution in [0.5, 0.6) is 11.5 Å². The van der Waals surface area contributed by atoms with E-state index < -0.39 is 22.0 Å². The van der Waals surface area contributed by atoms with Crippen LogP contribution in [-0.4, -0.2) is 32.5 Å². The van der Waals surface area contributed by atoms with Crippen molar-refractivity contribution in [3.63, 3.8) is 0 Å². The number of rotatable bonds is 8. The van der Waals surface area contributed by atoms with Crippen molar-refractivity contribution in [1.82, 2.24) is 0 Å². The van der Waals surface area contributed by atoms with E-state index in [-0.39, 0.29) is 21.8 Å². The number of methoxy groups -OCH3 is 1. The first kappa shape index (κ1) is 24.0.